The Hall–Kier alpha value is -5.13. The van der Waals surface area contributed by atoms with Crippen molar-refractivity contribution < 1.29 is 45.5 Å². The van der Waals surface area contributed by atoms with Gasteiger partial charge in [-0.05, 0) is 52.6 Å². The van der Waals surface area contributed by atoms with Gasteiger partial charge >= 0.3 is 18.3 Å². The molecule has 12 heteroatoms. The lowest BCUT2D eigenvalue weighted by Crippen LogP contribution is -2.38. The lowest BCUT2D eigenvalue weighted by Gasteiger charge is -2.18. The maximum Gasteiger partial charge on any atom is 0.416 e. The van der Waals surface area contributed by atoms with Gasteiger partial charge < -0.3 is 15.4 Å². The molecule has 0 fully saturated rings. The van der Waals surface area contributed by atoms with E-state index in [1.807, 2.05) is 5.32 Å². The summed E-state index contributed by atoms with van der Waals surface area (Å²) >= 11 is 0. The van der Waals surface area contributed by atoms with Gasteiger partial charge in [0.1, 0.15) is 13.2 Å². The monoisotopic (exact) mass is 628 g/mol. The third-order valence-corrected chi connectivity index (χ3v) is 6.65. The fourth-order valence-corrected chi connectivity index (χ4v) is 4.39. The molecule has 0 saturated heterocycles. The number of rotatable bonds is 10. The second-order valence-corrected chi connectivity index (χ2v) is 9.93. The Balaban J connectivity index is 1.36. The minimum Gasteiger partial charge on any atom is -0.464 e. The second kappa shape index (κ2) is 14.1. The van der Waals surface area contributed by atoms with Crippen molar-refractivity contribution in [1.82, 2.24) is 5.32 Å². The highest BCUT2D eigenvalue weighted by atomic mass is 19.4. The Labute approximate surface area is 254 Å². The van der Waals surface area contributed by atoms with Crippen molar-refractivity contribution in [1.29, 1.82) is 0 Å². The van der Waals surface area contributed by atoms with Gasteiger partial charge in [-0.3, -0.25) is 14.4 Å². The lowest BCUT2D eigenvalue weighted by atomic mass is 9.98. The summed E-state index contributed by atoms with van der Waals surface area (Å²) < 4.78 is 81.9. The van der Waals surface area contributed by atoms with Crippen LogP contribution in [-0.2, 0) is 26.9 Å². The molecule has 0 aliphatic heterocycles. The summed E-state index contributed by atoms with van der Waals surface area (Å²) in [6.45, 7) is -1.99. The van der Waals surface area contributed by atoms with Gasteiger partial charge in [-0.15, -0.1) is 0 Å². The van der Waals surface area contributed by atoms with Gasteiger partial charge in [0.25, 0.3) is 5.91 Å². The maximum absolute atomic E-state index is 13.1. The largest absolute Gasteiger partial charge is 0.464 e. The van der Waals surface area contributed by atoms with Gasteiger partial charge in [0.2, 0.25) is 5.91 Å². The van der Waals surface area contributed by atoms with Crippen LogP contribution in [0, 0.1) is 0 Å². The molecule has 0 radical (unpaired) electrons. The van der Waals surface area contributed by atoms with Gasteiger partial charge in [0.15, 0.2) is 0 Å². The highest BCUT2D eigenvalue weighted by Gasteiger charge is 2.31. The van der Waals surface area contributed by atoms with Crippen LogP contribution in [-0.4, -0.2) is 37.1 Å². The number of benzene rings is 4. The first-order valence-electron chi connectivity index (χ1n) is 13.5. The maximum atomic E-state index is 13.1. The number of anilines is 1. The van der Waals surface area contributed by atoms with Crippen LogP contribution in [0.25, 0.3) is 11.1 Å². The van der Waals surface area contributed by atoms with E-state index in [9.17, 15) is 40.7 Å². The molecule has 0 heterocycles. The highest BCUT2D eigenvalue weighted by Crippen LogP contribution is 2.32. The minimum absolute atomic E-state index is 0.212. The number of ether oxygens (including phenoxy) is 1. The molecule has 45 heavy (non-hydrogen) atoms. The molecule has 2 amide bonds. The molecular weight excluding hydrogens is 602 g/mol. The number of nitrogens with one attached hydrogen (secondary N) is 2. The van der Waals surface area contributed by atoms with Crippen LogP contribution in [0.3, 0.4) is 0 Å². The van der Waals surface area contributed by atoms with Crippen LogP contribution in [0.4, 0.5) is 32.0 Å². The van der Waals surface area contributed by atoms with Gasteiger partial charge in [-0.2, -0.15) is 26.3 Å². The van der Waals surface area contributed by atoms with E-state index in [0.29, 0.717) is 27.9 Å². The summed E-state index contributed by atoms with van der Waals surface area (Å²) in [7, 11) is 0. The first-order chi connectivity index (χ1) is 21.3. The van der Waals surface area contributed by atoms with Crippen molar-refractivity contribution in [2.45, 2.75) is 24.7 Å². The topological polar surface area (TPSA) is 84.5 Å². The van der Waals surface area contributed by atoms with E-state index in [1.165, 1.54) is 12.1 Å². The van der Waals surface area contributed by atoms with Crippen molar-refractivity contribution in [3.8, 4) is 11.1 Å². The molecule has 4 rings (SSSR count). The van der Waals surface area contributed by atoms with Gasteiger partial charge in [0, 0.05) is 11.3 Å². The number of carbonyl (C=O) groups excluding carboxylic acids is 3. The molecule has 1 unspecified atom stereocenters. The molecule has 0 bridgehead atoms. The number of halogens is 6. The van der Waals surface area contributed by atoms with Crippen LogP contribution in [0.1, 0.15) is 33.0 Å². The standard InChI is InChI=1S/C33H26F6N2O4/c34-32(35,36)20-40-30(43)28(22-6-2-1-3-7-22)19-45-29(42)18-21-10-16-25(17-11-21)41-31(44)27-9-5-4-8-26(27)23-12-14-24(15-13-23)33(37,38)39/h1-17,28H,18-20H2,(H,40,43)(H,41,44). The number of hydrogen-bond acceptors (Lipinski definition) is 4. The first kappa shape index (κ1) is 32.8. The SMILES string of the molecule is O=C(Cc1ccc(NC(=O)c2ccccc2-c2ccc(C(F)(F)F)cc2)cc1)OCC(C(=O)NCC(F)(F)F)c1ccccc1. The average molecular weight is 629 g/mol. The Morgan fingerprint density at radius 1 is 0.733 bits per heavy atom. The molecule has 234 valence electrons. The van der Waals surface area contributed by atoms with E-state index in [1.54, 1.807) is 78.9 Å². The zero-order chi connectivity index (χ0) is 32.6. The molecule has 4 aromatic carbocycles. The van der Waals surface area contributed by atoms with Crippen molar-refractivity contribution in [3.05, 3.63) is 125 Å². The lowest BCUT2D eigenvalue weighted by molar-refractivity contribution is -0.146. The number of esters is 1. The molecular formula is C33H26F6N2O4. The van der Waals surface area contributed by atoms with Crippen LogP contribution in [0.15, 0.2) is 103 Å². The molecule has 0 aliphatic carbocycles. The Morgan fingerprint density at radius 3 is 1.98 bits per heavy atom. The van der Waals surface area contributed by atoms with E-state index < -0.39 is 54.8 Å². The minimum atomic E-state index is -4.60. The van der Waals surface area contributed by atoms with E-state index in [4.69, 9.17) is 4.74 Å². The third kappa shape index (κ3) is 9.43. The molecule has 0 saturated carbocycles. The summed E-state index contributed by atoms with van der Waals surface area (Å²) in [5, 5.41) is 4.54. The summed E-state index contributed by atoms with van der Waals surface area (Å²) in [6, 6.07) is 25.1. The molecule has 0 spiro atoms. The van der Waals surface area contributed by atoms with E-state index in [2.05, 4.69) is 5.32 Å². The molecule has 2 N–H and O–H groups in total. The highest BCUT2D eigenvalue weighted by molar-refractivity contribution is 6.08. The van der Waals surface area contributed by atoms with Crippen molar-refractivity contribution in [3.63, 3.8) is 0 Å². The Kier molecular flexibility index (Phi) is 10.3. The first-order valence-corrected chi connectivity index (χ1v) is 13.5. The van der Waals surface area contributed by atoms with E-state index >= 15 is 0 Å². The molecule has 6 nitrogen and oxygen atoms in total. The van der Waals surface area contributed by atoms with Crippen molar-refractivity contribution in [2.75, 3.05) is 18.5 Å². The predicted molar refractivity (Wildman–Crippen MR) is 154 cm³/mol. The zero-order valence-electron chi connectivity index (χ0n) is 23.4. The molecule has 0 aromatic heterocycles. The van der Waals surface area contributed by atoms with Crippen LogP contribution < -0.4 is 10.6 Å². The summed E-state index contributed by atoms with van der Waals surface area (Å²) in [5.41, 5.74) is 1.55. The van der Waals surface area contributed by atoms with Crippen molar-refractivity contribution >= 4 is 23.5 Å². The van der Waals surface area contributed by atoms with Crippen LogP contribution in [0.2, 0.25) is 0 Å². The van der Waals surface area contributed by atoms with Gasteiger partial charge in [0.05, 0.1) is 17.9 Å². The normalized spacial score (nSPS) is 12.2. The summed E-state index contributed by atoms with van der Waals surface area (Å²) in [5.74, 6) is -3.32. The molecule has 4 aromatic rings. The second-order valence-electron chi connectivity index (χ2n) is 9.93. The number of alkyl halides is 6. The van der Waals surface area contributed by atoms with E-state index in [0.717, 1.165) is 12.1 Å². The smallest absolute Gasteiger partial charge is 0.416 e. The number of hydrogen-bond donors (Lipinski definition) is 2. The molecule has 1 atom stereocenters. The molecule has 0 aliphatic rings. The van der Waals surface area contributed by atoms with Crippen LogP contribution >= 0.6 is 0 Å². The quantitative estimate of drug-likeness (QED) is 0.144. The van der Waals surface area contributed by atoms with Crippen molar-refractivity contribution in [2.24, 2.45) is 0 Å². The van der Waals surface area contributed by atoms with Gasteiger partial charge in [-0.25, -0.2) is 0 Å². The third-order valence-electron chi connectivity index (χ3n) is 6.65. The van der Waals surface area contributed by atoms with Gasteiger partial charge in [-0.1, -0.05) is 72.8 Å². The van der Waals surface area contributed by atoms with E-state index in [-0.39, 0.29) is 12.0 Å². The van der Waals surface area contributed by atoms with Crippen LogP contribution in [0.5, 0.6) is 0 Å². The number of amides is 2. The Morgan fingerprint density at radius 2 is 1.36 bits per heavy atom. The summed E-state index contributed by atoms with van der Waals surface area (Å²) in [6.07, 6.45) is -9.30. The predicted octanol–water partition coefficient (Wildman–Crippen LogP) is 7.17. The average Bonchev–Trinajstić information content (AvgIpc) is 3.01. The summed E-state index contributed by atoms with van der Waals surface area (Å²) in [4.78, 5) is 38.0. The fourth-order valence-electron chi connectivity index (χ4n) is 4.39. The fraction of sp³-hybridized carbons (Fsp3) is 0.182. The Bertz CT molecular complexity index is 1620. The number of carbonyl (C=O) groups is 3. The zero-order valence-corrected chi connectivity index (χ0v) is 23.4.